The quantitative estimate of drug-likeness (QED) is 0.532. The molecule has 0 atom stereocenters. The van der Waals surface area contributed by atoms with Gasteiger partial charge in [0.15, 0.2) is 6.33 Å². The minimum Gasteiger partial charge on any atom is -0.250 e. The zero-order valence-electron chi connectivity index (χ0n) is 5.96. The van der Waals surface area contributed by atoms with Gasteiger partial charge in [0, 0.05) is 0 Å². The molecule has 5 heteroatoms. The number of nitrogens with zero attached hydrogens (tertiary/aromatic N) is 2. The van der Waals surface area contributed by atoms with Gasteiger partial charge >= 0.3 is 11.3 Å². The van der Waals surface area contributed by atoms with Gasteiger partial charge in [0.2, 0.25) is 0 Å². The van der Waals surface area contributed by atoms with E-state index in [9.17, 15) is 4.79 Å². The second-order valence-corrected chi connectivity index (χ2v) is 2.37. The minimum atomic E-state index is -0.0787. The molecular weight excluding hydrogens is 144 g/mol. The third-order valence-electron chi connectivity index (χ3n) is 1.48. The lowest BCUT2D eigenvalue weighted by molar-refractivity contribution is -0.363. The fraction of sp³-hybridized carbons (Fsp3) is 0.167. The molecule has 0 radical (unpaired) electrons. The summed E-state index contributed by atoms with van der Waals surface area (Å²) >= 11 is 0. The van der Waals surface area contributed by atoms with Gasteiger partial charge in [-0.25, -0.2) is 4.98 Å². The number of fused-ring (bicyclic) bond motifs is 1. The normalized spacial score (nSPS) is 10.6. The van der Waals surface area contributed by atoms with Crippen molar-refractivity contribution < 1.29 is 4.98 Å². The summed E-state index contributed by atoms with van der Waals surface area (Å²) in [7, 11) is 0. The molecule has 2 N–H and O–H groups in total. The fourth-order valence-electron chi connectivity index (χ4n) is 0.992. The Morgan fingerprint density at radius 3 is 3.36 bits per heavy atom. The van der Waals surface area contributed by atoms with Crippen molar-refractivity contribution in [2.45, 2.75) is 6.92 Å². The molecule has 2 aromatic rings. The van der Waals surface area contributed by atoms with Crippen LogP contribution in [0.1, 0.15) is 5.69 Å². The van der Waals surface area contributed by atoms with Gasteiger partial charge in [-0.1, -0.05) is 5.10 Å². The predicted octanol–water partition coefficient (Wildman–Crippen LogP) is -0.855. The maximum Gasteiger partial charge on any atom is 0.388 e. The van der Waals surface area contributed by atoms with Gasteiger partial charge in [-0.3, -0.25) is 4.79 Å². The molecule has 2 rings (SSSR count). The Labute approximate surface area is 61.7 Å². The second kappa shape index (κ2) is 1.91. The molecule has 56 valence electrons. The monoisotopic (exact) mass is 151 g/mol. The zero-order chi connectivity index (χ0) is 7.84. The average Bonchev–Trinajstić information content (AvgIpc) is 2.34. The lowest BCUT2D eigenvalue weighted by Gasteiger charge is -1.84. The summed E-state index contributed by atoms with van der Waals surface area (Å²) in [6.45, 7) is 1.82. The first-order valence-electron chi connectivity index (χ1n) is 3.22. The number of hydrogen-bond acceptors (Lipinski definition) is 2. The Balaban J connectivity index is 3.02. The molecule has 0 aromatic carbocycles. The third-order valence-corrected chi connectivity index (χ3v) is 1.48. The summed E-state index contributed by atoms with van der Waals surface area (Å²) in [5.41, 5.74) is 0.740. The highest BCUT2D eigenvalue weighted by molar-refractivity contribution is 5.16. The topological polar surface area (TPSA) is 64.3 Å². The Bertz CT molecular complexity index is 441. The van der Waals surface area contributed by atoms with Crippen LogP contribution in [0.3, 0.4) is 0 Å². The highest BCUT2D eigenvalue weighted by Crippen LogP contribution is 1.83. The minimum absolute atomic E-state index is 0.0787. The molecule has 5 nitrogen and oxygen atoms in total. The van der Waals surface area contributed by atoms with Crippen molar-refractivity contribution in [3.05, 3.63) is 28.4 Å². The Kier molecular flexibility index (Phi) is 1.06. The van der Waals surface area contributed by atoms with Crippen LogP contribution >= 0.6 is 0 Å². The Morgan fingerprint density at radius 1 is 1.73 bits per heavy atom. The van der Waals surface area contributed by atoms with E-state index in [2.05, 4.69) is 15.2 Å². The lowest BCUT2D eigenvalue weighted by atomic mass is 10.4. The van der Waals surface area contributed by atoms with Gasteiger partial charge in [-0.05, 0) is 6.92 Å². The SMILES string of the molecule is Cc1cc(=O)n2cn[nH]c2[nH+]1. The molecule has 0 aliphatic heterocycles. The molecule has 0 unspecified atom stereocenters. The summed E-state index contributed by atoms with van der Waals surface area (Å²) in [5, 5.41) is 6.37. The molecule has 0 fully saturated rings. The van der Waals surface area contributed by atoms with E-state index in [1.54, 1.807) is 0 Å². The summed E-state index contributed by atoms with van der Waals surface area (Å²) in [5.74, 6) is 0.606. The lowest BCUT2D eigenvalue weighted by Crippen LogP contribution is -2.22. The van der Waals surface area contributed by atoms with E-state index >= 15 is 0 Å². The number of rotatable bonds is 0. The van der Waals surface area contributed by atoms with Crippen LogP contribution in [0.25, 0.3) is 5.78 Å². The van der Waals surface area contributed by atoms with Crippen LogP contribution in [0.15, 0.2) is 17.2 Å². The van der Waals surface area contributed by atoms with E-state index in [0.29, 0.717) is 5.78 Å². The van der Waals surface area contributed by atoms with Crippen molar-refractivity contribution in [1.29, 1.82) is 0 Å². The van der Waals surface area contributed by atoms with E-state index in [-0.39, 0.29) is 5.56 Å². The first-order chi connectivity index (χ1) is 5.27. The Hall–Kier alpha value is -1.65. The number of aromatic amines is 2. The molecule has 0 aliphatic carbocycles. The molecule has 2 heterocycles. The van der Waals surface area contributed by atoms with Gasteiger partial charge in [-0.2, -0.15) is 5.10 Å². The van der Waals surface area contributed by atoms with Gasteiger partial charge < -0.3 is 0 Å². The smallest absolute Gasteiger partial charge is 0.250 e. The summed E-state index contributed by atoms with van der Waals surface area (Å²) in [6, 6.07) is 1.52. The first-order valence-corrected chi connectivity index (χ1v) is 3.22. The van der Waals surface area contributed by atoms with Gasteiger partial charge in [-0.15, -0.1) is 4.40 Å². The van der Waals surface area contributed by atoms with Gasteiger partial charge in [0.25, 0.3) is 0 Å². The average molecular weight is 151 g/mol. The maximum atomic E-state index is 11.1. The van der Waals surface area contributed by atoms with Crippen LogP contribution in [-0.2, 0) is 0 Å². The third kappa shape index (κ3) is 0.813. The van der Waals surface area contributed by atoms with Gasteiger partial charge in [0.05, 0.1) is 11.8 Å². The molecule has 0 saturated heterocycles. The number of aryl methyl sites for hydroxylation is 1. The van der Waals surface area contributed by atoms with Crippen LogP contribution in [0.4, 0.5) is 0 Å². The molecule has 0 aliphatic rings. The Morgan fingerprint density at radius 2 is 2.55 bits per heavy atom. The highest BCUT2D eigenvalue weighted by atomic mass is 16.1. The van der Waals surface area contributed by atoms with Crippen LogP contribution in [0.2, 0.25) is 0 Å². The van der Waals surface area contributed by atoms with E-state index in [0.717, 1.165) is 5.69 Å². The molecule has 11 heavy (non-hydrogen) atoms. The summed E-state index contributed by atoms with van der Waals surface area (Å²) < 4.78 is 1.41. The van der Waals surface area contributed by atoms with Crippen molar-refractivity contribution in [3.8, 4) is 0 Å². The standard InChI is InChI=1S/C6H6N4O/c1-4-2-5(11)10-3-7-9-6(10)8-4/h2-3H,1H3,(H,8,9)/p+1. The van der Waals surface area contributed by atoms with Crippen molar-refractivity contribution in [2.24, 2.45) is 0 Å². The van der Waals surface area contributed by atoms with Crippen molar-refractivity contribution in [3.63, 3.8) is 0 Å². The van der Waals surface area contributed by atoms with E-state index in [4.69, 9.17) is 0 Å². The summed E-state index contributed by atoms with van der Waals surface area (Å²) in [6.07, 6.45) is 1.44. The fourth-order valence-corrected chi connectivity index (χ4v) is 0.992. The first kappa shape index (κ1) is 6.09. The van der Waals surface area contributed by atoms with Crippen LogP contribution in [-0.4, -0.2) is 14.6 Å². The van der Waals surface area contributed by atoms with Gasteiger partial charge in [0.1, 0.15) is 0 Å². The second-order valence-electron chi connectivity index (χ2n) is 2.37. The van der Waals surface area contributed by atoms with Crippen molar-refractivity contribution in [2.75, 3.05) is 0 Å². The van der Waals surface area contributed by atoms with Crippen LogP contribution in [0.5, 0.6) is 0 Å². The number of aromatic nitrogens is 4. The molecule has 2 aromatic heterocycles. The van der Waals surface area contributed by atoms with Crippen molar-refractivity contribution in [1.82, 2.24) is 14.6 Å². The highest BCUT2D eigenvalue weighted by Gasteiger charge is 2.05. The van der Waals surface area contributed by atoms with Crippen molar-refractivity contribution >= 4 is 5.78 Å². The summed E-state index contributed by atoms with van der Waals surface area (Å²) in [4.78, 5) is 14.1. The number of H-pyrrole nitrogens is 2. The molecule has 0 bridgehead atoms. The number of nitrogens with one attached hydrogen (secondary N) is 2. The molecular formula is C6H7N4O+. The predicted molar refractivity (Wildman–Crippen MR) is 37.1 cm³/mol. The van der Waals surface area contributed by atoms with E-state index in [1.807, 2.05) is 6.92 Å². The molecule has 0 saturated carbocycles. The largest absolute Gasteiger partial charge is 0.388 e. The van der Waals surface area contributed by atoms with E-state index in [1.165, 1.54) is 16.8 Å². The maximum absolute atomic E-state index is 11.1. The van der Waals surface area contributed by atoms with Crippen LogP contribution in [0, 0.1) is 6.92 Å². The zero-order valence-corrected chi connectivity index (χ0v) is 5.96. The van der Waals surface area contributed by atoms with Crippen LogP contribution < -0.4 is 10.5 Å². The molecule has 0 spiro atoms. The van der Waals surface area contributed by atoms with E-state index < -0.39 is 0 Å². The molecule has 0 amide bonds. The number of hydrogen-bond donors (Lipinski definition) is 1.